The van der Waals surface area contributed by atoms with Gasteiger partial charge in [-0.05, 0) is 60.9 Å². The van der Waals surface area contributed by atoms with Crippen molar-refractivity contribution in [2.75, 3.05) is 10.0 Å². The molecule has 1 amide bonds. The quantitative estimate of drug-likeness (QED) is 0.524. The zero-order valence-electron chi connectivity index (χ0n) is 16.2. The van der Waals surface area contributed by atoms with Crippen molar-refractivity contribution in [3.63, 3.8) is 0 Å². The van der Waals surface area contributed by atoms with E-state index in [1.54, 1.807) is 6.07 Å². The number of sulfonamides is 1. The summed E-state index contributed by atoms with van der Waals surface area (Å²) in [5.41, 5.74) is 1.73. The molecule has 0 spiro atoms. The Morgan fingerprint density at radius 3 is 2.33 bits per heavy atom. The molecule has 3 aromatic rings. The highest BCUT2D eigenvalue weighted by Gasteiger charge is 2.17. The van der Waals surface area contributed by atoms with Crippen molar-refractivity contribution in [3.05, 3.63) is 71.6 Å². The molecule has 158 valence electrons. The van der Waals surface area contributed by atoms with E-state index in [0.29, 0.717) is 17.7 Å². The van der Waals surface area contributed by atoms with Gasteiger partial charge in [0.05, 0.1) is 4.90 Å². The first-order valence-corrected chi connectivity index (χ1v) is 10.6. The fourth-order valence-electron chi connectivity index (χ4n) is 2.70. The first kappa shape index (κ1) is 21.4. The van der Waals surface area contributed by atoms with Gasteiger partial charge < -0.3 is 5.32 Å². The first-order chi connectivity index (χ1) is 14.1. The van der Waals surface area contributed by atoms with E-state index in [4.69, 9.17) is 0 Å². The Morgan fingerprint density at radius 2 is 1.70 bits per heavy atom. The van der Waals surface area contributed by atoms with Crippen LogP contribution in [0, 0.1) is 17.6 Å². The number of H-pyrrole nitrogens is 1. The molecule has 0 bridgehead atoms. The molecule has 0 saturated carbocycles. The number of hydrogen-bond donors (Lipinski definition) is 3. The fraction of sp³-hybridized carbons (Fsp3) is 0.200. The number of aromatic amines is 1. The second kappa shape index (κ2) is 8.62. The topological polar surface area (TPSA) is 104 Å². The van der Waals surface area contributed by atoms with Crippen LogP contribution in [0.1, 0.15) is 30.0 Å². The molecule has 0 unspecified atom stereocenters. The summed E-state index contributed by atoms with van der Waals surface area (Å²) < 4.78 is 53.2. The maximum Gasteiger partial charge on any atom is 0.276 e. The van der Waals surface area contributed by atoms with Crippen LogP contribution in [0.15, 0.2) is 53.4 Å². The number of amides is 1. The van der Waals surface area contributed by atoms with E-state index in [1.807, 2.05) is 0 Å². The predicted octanol–water partition coefficient (Wildman–Crippen LogP) is 3.94. The monoisotopic (exact) mass is 434 g/mol. The van der Waals surface area contributed by atoms with Crippen molar-refractivity contribution in [2.24, 2.45) is 5.92 Å². The second-order valence-electron chi connectivity index (χ2n) is 7.09. The number of benzene rings is 2. The third-order valence-electron chi connectivity index (χ3n) is 4.09. The summed E-state index contributed by atoms with van der Waals surface area (Å²) in [5, 5.41) is 9.49. The van der Waals surface area contributed by atoms with Crippen LogP contribution in [0.25, 0.3) is 0 Å². The third kappa shape index (κ3) is 5.20. The van der Waals surface area contributed by atoms with Crippen LogP contribution >= 0.6 is 0 Å². The largest absolute Gasteiger partial charge is 0.321 e. The lowest BCUT2D eigenvalue weighted by atomic mass is 10.1. The average molecular weight is 434 g/mol. The predicted molar refractivity (Wildman–Crippen MR) is 109 cm³/mol. The zero-order valence-corrected chi connectivity index (χ0v) is 17.1. The Labute approximate surface area is 172 Å². The number of halogens is 2. The van der Waals surface area contributed by atoms with Gasteiger partial charge in [-0.25, -0.2) is 17.2 Å². The van der Waals surface area contributed by atoms with E-state index in [-0.39, 0.29) is 11.4 Å². The molecular formula is C20H20F2N4O3S. The summed E-state index contributed by atoms with van der Waals surface area (Å²) in [6, 6.07) is 9.86. The molecule has 0 saturated heterocycles. The van der Waals surface area contributed by atoms with Gasteiger partial charge in [0.2, 0.25) is 0 Å². The number of nitrogens with zero attached hydrogens (tertiary/aromatic N) is 1. The minimum atomic E-state index is -4.10. The molecule has 3 N–H and O–H groups in total. The summed E-state index contributed by atoms with van der Waals surface area (Å²) >= 11 is 0. The lowest BCUT2D eigenvalue weighted by Crippen LogP contribution is -2.14. The number of aromatic nitrogens is 2. The van der Waals surface area contributed by atoms with Crippen LogP contribution in [0.2, 0.25) is 0 Å². The molecular weight excluding hydrogens is 414 g/mol. The summed E-state index contributed by atoms with van der Waals surface area (Å²) in [6.45, 7) is 4.12. The number of carbonyl (C=O) groups is 1. The van der Waals surface area contributed by atoms with Gasteiger partial charge in [-0.2, -0.15) is 5.10 Å². The Bertz CT molecular complexity index is 1160. The molecule has 2 aromatic carbocycles. The van der Waals surface area contributed by atoms with Gasteiger partial charge >= 0.3 is 0 Å². The minimum absolute atomic E-state index is 0.191. The summed E-state index contributed by atoms with van der Waals surface area (Å²) in [7, 11) is -4.10. The van der Waals surface area contributed by atoms with E-state index in [2.05, 4.69) is 34.1 Å². The highest BCUT2D eigenvalue weighted by atomic mass is 32.2. The van der Waals surface area contributed by atoms with Crippen molar-refractivity contribution < 1.29 is 22.0 Å². The second-order valence-corrected chi connectivity index (χ2v) is 8.77. The van der Waals surface area contributed by atoms with Gasteiger partial charge in [0.25, 0.3) is 15.9 Å². The molecule has 3 rings (SSSR count). The van der Waals surface area contributed by atoms with Crippen LogP contribution in [-0.4, -0.2) is 24.5 Å². The van der Waals surface area contributed by atoms with Gasteiger partial charge in [0.1, 0.15) is 0 Å². The Morgan fingerprint density at radius 1 is 1.03 bits per heavy atom. The van der Waals surface area contributed by atoms with Gasteiger partial charge in [-0.3, -0.25) is 14.6 Å². The van der Waals surface area contributed by atoms with E-state index in [9.17, 15) is 22.0 Å². The molecule has 0 fully saturated rings. The van der Waals surface area contributed by atoms with Gasteiger partial charge in [-0.15, -0.1) is 0 Å². The van der Waals surface area contributed by atoms with E-state index in [0.717, 1.165) is 24.2 Å². The Hall–Kier alpha value is -3.27. The maximum atomic E-state index is 13.3. The Balaban J connectivity index is 1.66. The molecule has 0 aliphatic heterocycles. The van der Waals surface area contributed by atoms with Gasteiger partial charge in [0.15, 0.2) is 17.3 Å². The van der Waals surface area contributed by atoms with Crippen LogP contribution < -0.4 is 10.0 Å². The van der Waals surface area contributed by atoms with E-state index in [1.165, 1.54) is 24.3 Å². The number of anilines is 2. The summed E-state index contributed by atoms with van der Waals surface area (Å²) in [6.07, 6.45) is 0.771. The zero-order chi connectivity index (χ0) is 21.9. The van der Waals surface area contributed by atoms with Gasteiger partial charge in [0, 0.05) is 17.1 Å². The maximum absolute atomic E-state index is 13.3. The number of nitrogens with one attached hydrogen (secondary N) is 3. The highest BCUT2D eigenvalue weighted by Crippen LogP contribution is 2.20. The van der Waals surface area contributed by atoms with Crippen molar-refractivity contribution in [1.82, 2.24) is 10.2 Å². The lowest BCUT2D eigenvalue weighted by molar-refractivity contribution is 0.102. The molecule has 0 atom stereocenters. The minimum Gasteiger partial charge on any atom is -0.321 e. The summed E-state index contributed by atoms with van der Waals surface area (Å²) in [4.78, 5) is 11.9. The van der Waals surface area contributed by atoms with E-state index < -0.39 is 32.5 Å². The molecule has 30 heavy (non-hydrogen) atoms. The SMILES string of the molecule is CC(C)Cc1cc(C(=O)Nc2ccc(NS(=O)(=O)c3ccc(F)c(F)c3)cc2)n[nH]1. The summed E-state index contributed by atoms with van der Waals surface area (Å²) in [5.74, 6) is -2.38. The average Bonchev–Trinajstić information content (AvgIpc) is 3.13. The van der Waals surface area contributed by atoms with E-state index >= 15 is 0 Å². The van der Waals surface area contributed by atoms with Crippen LogP contribution in [-0.2, 0) is 16.4 Å². The number of hydrogen-bond acceptors (Lipinski definition) is 4. The molecule has 0 aliphatic carbocycles. The number of rotatable bonds is 7. The van der Waals surface area contributed by atoms with Crippen molar-refractivity contribution in [3.8, 4) is 0 Å². The molecule has 0 aliphatic rings. The molecule has 1 aromatic heterocycles. The van der Waals surface area contributed by atoms with Crippen molar-refractivity contribution >= 4 is 27.3 Å². The van der Waals surface area contributed by atoms with Crippen molar-refractivity contribution in [2.45, 2.75) is 25.2 Å². The molecule has 10 heteroatoms. The Kier molecular flexibility index (Phi) is 6.16. The van der Waals surface area contributed by atoms with Crippen molar-refractivity contribution in [1.29, 1.82) is 0 Å². The molecule has 0 radical (unpaired) electrons. The standard InChI is InChI=1S/C20H20F2N4O3S/c1-12(2)9-15-10-19(25-24-15)20(27)23-13-3-5-14(6-4-13)26-30(28,29)16-7-8-17(21)18(22)11-16/h3-8,10-12,26H,9H2,1-2H3,(H,23,27)(H,24,25). The smallest absolute Gasteiger partial charge is 0.276 e. The highest BCUT2D eigenvalue weighted by molar-refractivity contribution is 7.92. The van der Waals surface area contributed by atoms with Crippen LogP contribution in [0.4, 0.5) is 20.2 Å². The first-order valence-electron chi connectivity index (χ1n) is 9.07. The fourth-order valence-corrected chi connectivity index (χ4v) is 3.77. The van der Waals surface area contributed by atoms with Crippen LogP contribution in [0.3, 0.4) is 0 Å². The normalized spacial score (nSPS) is 11.5. The third-order valence-corrected chi connectivity index (χ3v) is 5.47. The molecule has 1 heterocycles. The number of carbonyl (C=O) groups excluding carboxylic acids is 1. The molecule has 7 nitrogen and oxygen atoms in total. The lowest BCUT2D eigenvalue weighted by Gasteiger charge is -2.09. The van der Waals surface area contributed by atoms with Gasteiger partial charge in [-0.1, -0.05) is 13.8 Å². The van der Waals surface area contributed by atoms with Crippen LogP contribution in [0.5, 0.6) is 0 Å².